The number of hydrogen-bond acceptors (Lipinski definition) is 4. The van der Waals surface area contributed by atoms with Crippen LogP contribution in [-0.4, -0.2) is 17.9 Å². The Morgan fingerprint density at radius 2 is 2.17 bits per heavy atom. The van der Waals surface area contributed by atoms with Gasteiger partial charge in [0.25, 0.3) is 0 Å². The van der Waals surface area contributed by atoms with Gasteiger partial charge in [0.2, 0.25) is 5.43 Å². The first-order valence-corrected chi connectivity index (χ1v) is 6.80. The number of hydrogen-bond donors (Lipinski definition) is 1. The van der Waals surface area contributed by atoms with Crippen LogP contribution in [0.15, 0.2) is 34.1 Å². The molecule has 0 spiro atoms. The maximum atomic E-state index is 12.2. The molecule has 0 saturated carbocycles. The van der Waals surface area contributed by atoms with Crippen LogP contribution in [-0.2, 0) is 0 Å². The summed E-state index contributed by atoms with van der Waals surface area (Å²) in [6, 6.07) is 7.29. The molecule has 0 saturated heterocycles. The Morgan fingerprint density at radius 1 is 1.39 bits per heavy atom. The minimum absolute atomic E-state index is 0.0407. The van der Waals surface area contributed by atoms with Crippen molar-refractivity contribution in [3.8, 4) is 5.06 Å². The van der Waals surface area contributed by atoms with E-state index in [0.717, 1.165) is 17.5 Å². The molecule has 0 aliphatic heterocycles. The van der Waals surface area contributed by atoms with Crippen LogP contribution in [0.1, 0.15) is 25.3 Å². The molecule has 1 aromatic carbocycles. The van der Waals surface area contributed by atoms with Gasteiger partial charge in [0.1, 0.15) is 0 Å². The molecule has 0 aliphatic carbocycles. The van der Waals surface area contributed by atoms with Crippen LogP contribution in [0.4, 0.5) is 0 Å². The number of nitrogens with zero attached hydrogens (tertiary/aromatic N) is 1. The van der Waals surface area contributed by atoms with Crippen LogP contribution in [0, 0.1) is 0 Å². The Balaban J connectivity index is 2.45. The molecule has 18 heavy (non-hydrogen) atoms. The molecule has 4 heteroatoms. The third-order valence-electron chi connectivity index (χ3n) is 2.67. The fourth-order valence-corrected chi connectivity index (χ4v) is 2.54. The summed E-state index contributed by atoms with van der Waals surface area (Å²) < 4.78 is 0.797. The van der Waals surface area contributed by atoms with Crippen LogP contribution >= 0.6 is 11.3 Å². The minimum atomic E-state index is -0.151. The van der Waals surface area contributed by atoms with Crippen LogP contribution in [0.3, 0.4) is 0 Å². The molecule has 0 bridgehead atoms. The van der Waals surface area contributed by atoms with Crippen LogP contribution in [0.25, 0.3) is 10.1 Å². The molecule has 94 valence electrons. The summed E-state index contributed by atoms with van der Waals surface area (Å²) in [6.45, 7) is 2.77. The van der Waals surface area contributed by atoms with Crippen LogP contribution in [0.2, 0.25) is 0 Å². The van der Waals surface area contributed by atoms with Crippen molar-refractivity contribution in [2.75, 3.05) is 6.54 Å². The van der Waals surface area contributed by atoms with Gasteiger partial charge in [-0.2, -0.15) is 0 Å². The first-order chi connectivity index (χ1) is 8.74. The topological polar surface area (TPSA) is 49.7 Å². The van der Waals surface area contributed by atoms with Gasteiger partial charge in [0.15, 0.2) is 5.06 Å². The van der Waals surface area contributed by atoms with Crippen molar-refractivity contribution in [1.82, 2.24) is 0 Å². The lowest BCUT2D eigenvalue weighted by Gasteiger charge is -2.00. The quantitative estimate of drug-likeness (QED) is 0.678. The first kappa shape index (κ1) is 12.8. The zero-order chi connectivity index (χ0) is 13.0. The second kappa shape index (κ2) is 5.78. The van der Waals surface area contributed by atoms with Gasteiger partial charge in [0.05, 0.1) is 5.56 Å². The van der Waals surface area contributed by atoms with Gasteiger partial charge in [-0.3, -0.25) is 9.79 Å². The Kier molecular flexibility index (Phi) is 4.10. The smallest absolute Gasteiger partial charge is 0.200 e. The number of aliphatic imine (C=N–C) groups is 1. The van der Waals surface area contributed by atoms with E-state index in [1.54, 1.807) is 6.07 Å². The van der Waals surface area contributed by atoms with Crippen molar-refractivity contribution < 1.29 is 5.11 Å². The standard InChI is InChI=1S/C14H15NO2S/c1-2-3-8-15-9-11-13(16)10-6-4-5-7-12(10)18-14(11)17/h4-7,9,17H,2-3,8H2,1H3. The van der Waals surface area contributed by atoms with Crippen molar-refractivity contribution in [3.05, 3.63) is 40.1 Å². The zero-order valence-electron chi connectivity index (χ0n) is 10.2. The molecule has 3 nitrogen and oxygen atoms in total. The number of rotatable bonds is 4. The summed E-state index contributed by atoms with van der Waals surface area (Å²) >= 11 is 1.21. The summed E-state index contributed by atoms with van der Waals surface area (Å²) in [4.78, 5) is 16.3. The maximum Gasteiger partial charge on any atom is 0.200 e. The Bertz CT molecular complexity index is 631. The molecule has 2 rings (SSSR count). The fourth-order valence-electron chi connectivity index (χ4n) is 1.66. The molecule has 0 aliphatic rings. The van der Waals surface area contributed by atoms with Gasteiger partial charge < -0.3 is 5.11 Å². The van der Waals surface area contributed by atoms with Gasteiger partial charge in [0, 0.05) is 22.8 Å². The van der Waals surface area contributed by atoms with Crippen LogP contribution < -0.4 is 5.43 Å². The molecule has 0 radical (unpaired) electrons. The van der Waals surface area contributed by atoms with Gasteiger partial charge in [-0.15, -0.1) is 0 Å². The van der Waals surface area contributed by atoms with Crippen molar-refractivity contribution >= 4 is 27.6 Å². The predicted octanol–water partition coefficient (Wildman–Crippen LogP) is 3.19. The Labute approximate surface area is 109 Å². The van der Waals surface area contributed by atoms with E-state index in [2.05, 4.69) is 11.9 Å². The third kappa shape index (κ3) is 2.59. The Hall–Kier alpha value is -1.68. The molecule has 0 unspecified atom stereocenters. The molecule has 0 atom stereocenters. The van der Waals surface area contributed by atoms with E-state index in [9.17, 15) is 9.90 Å². The van der Waals surface area contributed by atoms with Gasteiger partial charge in [-0.25, -0.2) is 0 Å². The third-order valence-corrected chi connectivity index (χ3v) is 3.66. The Morgan fingerprint density at radius 3 is 2.94 bits per heavy atom. The summed E-state index contributed by atoms with van der Waals surface area (Å²) in [5, 5.41) is 10.6. The summed E-state index contributed by atoms with van der Waals surface area (Å²) in [5.74, 6) is 0. The number of aromatic hydroxyl groups is 1. The van der Waals surface area contributed by atoms with Crippen molar-refractivity contribution in [2.24, 2.45) is 4.99 Å². The molecule has 1 aromatic heterocycles. The largest absolute Gasteiger partial charge is 0.499 e. The van der Waals surface area contributed by atoms with Crippen molar-refractivity contribution in [3.63, 3.8) is 0 Å². The normalized spacial score (nSPS) is 11.4. The van der Waals surface area contributed by atoms with Gasteiger partial charge in [-0.05, 0) is 18.6 Å². The molecule has 1 heterocycles. The lowest BCUT2D eigenvalue weighted by atomic mass is 10.2. The number of benzene rings is 1. The van der Waals surface area contributed by atoms with E-state index < -0.39 is 0 Å². The molecular formula is C14H15NO2S. The molecule has 0 amide bonds. The summed E-state index contributed by atoms with van der Waals surface area (Å²) in [7, 11) is 0. The van der Waals surface area contributed by atoms with Crippen LogP contribution in [0.5, 0.6) is 5.06 Å². The maximum absolute atomic E-state index is 12.2. The van der Waals surface area contributed by atoms with E-state index in [4.69, 9.17) is 0 Å². The second-order valence-electron chi connectivity index (χ2n) is 4.04. The molecule has 1 N–H and O–H groups in total. The molecule has 2 aromatic rings. The van der Waals surface area contributed by atoms with Gasteiger partial charge in [-0.1, -0.05) is 36.8 Å². The summed E-state index contributed by atoms with van der Waals surface area (Å²) in [6.07, 6.45) is 3.55. The van der Waals surface area contributed by atoms with E-state index in [1.807, 2.05) is 18.2 Å². The highest BCUT2D eigenvalue weighted by Crippen LogP contribution is 2.26. The SMILES string of the molecule is CCCCN=Cc1c(O)sc2ccccc2c1=O. The van der Waals surface area contributed by atoms with E-state index in [-0.39, 0.29) is 10.5 Å². The predicted molar refractivity (Wildman–Crippen MR) is 77.1 cm³/mol. The highest BCUT2D eigenvalue weighted by Gasteiger charge is 2.09. The zero-order valence-corrected chi connectivity index (χ0v) is 11.0. The fraction of sp³-hybridized carbons (Fsp3) is 0.286. The molecular weight excluding hydrogens is 246 g/mol. The monoisotopic (exact) mass is 261 g/mol. The average Bonchev–Trinajstić information content (AvgIpc) is 2.38. The highest BCUT2D eigenvalue weighted by molar-refractivity contribution is 7.20. The van der Waals surface area contributed by atoms with Crippen molar-refractivity contribution in [2.45, 2.75) is 19.8 Å². The van der Waals surface area contributed by atoms with Gasteiger partial charge >= 0.3 is 0 Å². The second-order valence-corrected chi connectivity index (χ2v) is 5.07. The van der Waals surface area contributed by atoms with E-state index in [0.29, 0.717) is 17.5 Å². The minimum Gasteiger partial charge on any atom is -0.499 e. The lowest BCUT2D eigenvalue weighted by Crippen LogP contribution is -2.07. The van der Waals surface area contributed by atoms with E-state index >= 15 is 0 Å². The average molecular weight is 261 g/mol. The number of unbranched alkanes of at least 4 members (excludes halogenated alkanes) is 1. The van der Waals surface area contributed by atoms with Crippen molar-refractivity contribution in [1.29, 1.82) is 0 Å². The molecule has 0 fully saturated rings. The van der Waals surface area contributed by atoms with E-state index in [1.165, 1.54) is 17.6 Å². The summed E-state index contributed by atoms with van der Waals surface area (Å²) in [5.41, 5.74) is 0.150. The number of fused-ring (bicyclic) bond motifs is 1. The highest BCUT2D eigenvalue weighted by atomic mass is 32.1. The lowest BCUT2D eigenvalue weighted by molar-refractivity contribution is 0.489. The first-order valence-electron chi connectivity index (χ1n) is 5.98.